The molecule has 1 aliphatic heterocycles. The van der Waals surface area contributed by atoms with Gasteiger partial charge in [-0.2, -0.15) is 13.2 Å². The number of halogens is 4. The van der Waals surface area contributed by atoms with Crippen molar-refractivity contribution < 1.29 is 17.6 Å². The van der Waals surface area contributed by atoms with Crippen molar-refractivity contribution in [3.63, 3.8) is 0 Å². The lowest BCUT2D eigenvalue weighted by Crippen LogP contribution is -2.31. The van der Waals surface area contributed by atoms with Crippen LogP contribution in [0.5, 0.6) is 0 Å². The van der Waals surface area contributed by atoms with Gasteiger partial charge in [0.05, 0.1) is 24.3 Å². The summed E-state index contributed by atoms with van der Waals surface area (Å²) in [5, 5.41) is 8.37. The fourth-order valence-electron chi connectivity index (χ4n) is 3.28. The number of fused-ring (bicyclic) bond motifs is 1. The highest BCUT2D eigenvalue weighted by Crippen LogP contribution is 2.31. The third-order valence-electron chi connectivity index (χ3n) is 4.66. The van der Waals surface area contributed by atoms with Crippen molar-refractivity contribution in [2.24, 2.45) is 0 Å². The van der Waals surface area contributed by atoms with E-state index < -0.39 is 11.7 Å². The molecule has 0 saturated heterocycles. The van der Waals surface area contributed by atoms with Gasteiger partial charge in [0, 0.05) is 18.7 Å². The Morgan fingerprint density at radius 3 is 2.52 bits per heavy atom. The molecule has 1 aliphatic rings. The zero-order valence-corrected chi connectivity index (χ0v) is 14.2. The Hall–Kier alpha value is -2.90. The molecule has 2 heterocycles. The summed E-state index contributed by atoms with van der Waals surface area (Å²) in [4.78, 5) is 1.98. The molecule has 0 fully saturated rings. The molecule has 8 heteroatoms. The first-order chi connectivity index (χ1) is 12.9. The lowest BCUT2D eigenvalue weighted by Gasteiger charge is -2.28. The first kappa shape index (κ1) is 17.5. The third kappa shape index (κ3) is 3.65. The molecule has 27 heavy (non-hydrogen) atoms. The second kappa shape index (κ2) is 6.68. The van der Waals surface area contributed by atoms with Gasteiger partial charge in [0.25, 0.3) is 0 Å². The van der Waals surface area contributed by atoms with Crippen LogP contribution in [-0.4, -0.2) is 21.5 Å². The number of nitrogens with zero attached hydrogens (tertiary/aromatic N) is 4. The smallest absolute Gasteiger partial charge is 0.365 e. The summed E-state index contributed by atoms with van der Waals surface area (Å²) in [6.45, 7) is 1.55. The monoisotopic (exact) mass is 376 g/mol. The van der Waals surface area contributed by atoms with E-state index in [4.69, 9.17) is 0 Å². The summed E-state index contributed by atoms with van der Waals surface area (Å²) in [5.41, 5.74) is 2.62. The van der Waals surface area contributed by atoms with E-state index in [1.54, 1.807) is 10.7 Å². The summed E-state index contributed by atoms with van der Waals surface area (Å²) in [5.74, 6) is -0.296. The lowest BCUT2D eigenvalue weighted by molar-refractivity contribution is -0.137. The van der Waals surface area contributed by atoms with Crippen LogP contribution in [0.2, 0.25) is 0 Å². The average molecular weight is 376 g/mol. The Morgan fingerprint density at radius 1 is 1.04 bits per heavy atom. The number of alkyl halides is 3. The molecule has 0 unspecified atom stereocenters. The standard InChI is InChI=1S/C19H16F4N4/c20-15-3-1-2-13(10-15)11-27-18-8-9-26(12-17(18)24-25-27)16-6-4-14(5-7-16)19(21,22)23/h1-7,10H,8-9,11-12H2. The van der Waals surface area contributed by atoms with Crippen molar-refractivity contribution in [1.29, 1.82) is 0 Å². The number of hydrogen-bond acceptors (Lipinski definition) is 3. The van der Waals surface area contributed by atoms with Gasteiger partial charge in [-0.15, -0.1) is 5.10 Å². The molecule has 0 amide bonds. The van der Waals surface area contributed by atoms with Crippen molar-refractivity contribution in [3.8, 4) is 0 Å². The topological polar surface area (TPSA) is 34.0 Å². The highest BCUT2D eigenvalue weighted by Gasteiger charge is 2.30. The van der Waals surface area contributed by atoms with Crippen molar-refractivity contribution in [2.75, 3.05) is 11.4 Å². The maximum atomic E-state index is 13.4. The minimum absolute atomic E-state index is 0.296. The average Bonchev–Trinajstić information content (AvgIpc) is 3.03. The van der Waals surface area contributed by atoms with Gasteiger partial charge in [0.2, 0.25) is 0 Å². The third-order valence-corrected chi connectivity index (χ3v) is 4.66. The van der Waals surface area contributed by atoms with E-state index in [-0.39, 0.29) is 5.82 Å². The van der Waals surface area contributed by atoms with Gasteiger partial charge >= 0.3 is 6.18 Å². The summed E-state index contributed by atoms with van der Waals surface area (Å²) in [6, 6.07) is 11.5. The van der Waals surface area contributed by atoms with Crippen LogP contribution in [0.3, 0.4) is 0 Å². The molecule has 0 bridgehead atoms. The Labute approximate surface area is 153 Å². The molecule has 0 aliphatic carbocycles. The van der Waals surface area contributed by atoms with Gasteiger partial charge in [-0.05, 0) is 42.0 Å². The summed E-state index contributed by atoms with van der Waals surface area (Å²) in [6.07, 6.45) is -3.67. The van der Waals surface area contributed by atoms with Gasteiger partial charge < -0.3 is 4.90 Å². The maximum Gasteiger partial charge on any atom is 0.416 e. The molecule has 0 atom stereocenters. The van der Waals surface area contributed by atoms with Crippen LogP contribution in [0.25, 0.3) is 0 Å². The van der Waals surface area contributed by atoms with Crippen LogP contribution in [0, 0.1) is 5.82 Å². The predicted molar refractivity (Wildman–Crippen MR) is 91.7 cm³/mol. The van der Waals surface area contributed by atoms with E-state index in [1.807, 2.05) is 11.0 Å². The Bertz CT molecular complexity index is 947. The molecule has 4 nitrogen and oxygen atoms in total. The van der Waals surface area contributed by atoms with Crippen LogP contribution in [-0.2, 0) is 25.7 Å². The van der Waals surface area contributed by atoms with Crippen LogP contribution < -0.4 is 4.90 Å². The molecule has 1 aromatic heterocycles. The van der Waals surface area contributed by atoms with E-state index in [0.29, 0.717) is 31.7 Å². The number of anilines is 1. The number of benzene rings is 2. The summed E-state index contributed by atoms with van der Waals surface area (Å²) in [7, 11) is 0. The fraction of sp³-hybridized carbons (Fsp3) is 0.263. The summed E-state index contributed by atoms with van der Waals surface area (Å²) < 4.78 is 53.2. The van der Waals surface area contributed by atoms with Gasteiger partial charge in [-0.25, -0.2) is 9.07 Å². The summed E-state index contributed by atoms with van der Waals surface area (Å²) >= 11 is 0. The van der Waals surface area contributed by atoms with Crippen LogP contribution >= 0.6 is 0 Å². The Balaban J connectivity index is 1.50. The lowest BCUT2D eigenvalue weighted by atomic mass is 10.1. The Morgan fingerprint density at radius 2 is 1.81 bits per heavy atom. The fourth-order valence-corrected chi connectivity index (χ4v) is 3.28. The SMILES string of the molecule is Fc1cccc(Cn2nnc3c2CCN(c2ccc(C(F)(F)F)cc2)C3)c1. The van der Waals surface area contributed by atoms with E-state index in [9.17, 15) is 17.6 Å². The highest BCUT2D eigenvalue weighted by atomic mass is 19.4. The minimum Gasteiger partial charge on any atom is -0.365 e. The van der Waals surface area contributed by atoms with Gasteiger partial charge in [0.1, 0.15) is 11.5 Å². The molecule has 0 saturated carbocycles. The van der Waals surface area contributed by atoms with E-state index in [1.165, 1.54) is 24.3 Å². The molecule has 0 radical (unpaired) electrons. The largest absolute Gasteiger partial charge is 0.416 e. The predicted octanol–water partition coefficient (Wildman–Crippen LogP) is 4.05. The maximum absolute atomic E-state index is 13.4. The minimum atomic E-state index is -4.34. The first-order valence-electron chi connectivity index (χ1n) is 8.48. The quantitative estimate of drug-likeness (QED) is 0.647. The number of rotatable bonds is 3. The van der Waals surface area contributed by atoms with E-state index in [0.717, 1.165) is 29.1 Å². The first-order valence-corrected chi connectivity index (χ1v) is 8.48. The van der Waals surface area contributed by atoms with E-state index in [2.05, 4.69) is 10.3 Å². The van der Waals surface area contributed by atoms with Crippen LogP contribution in [0.1, 0.15) is 22.5 Å². The number of aromatic nitrogens is 3. The van der Waals surface area contributed by atoms with Crippen molar-refractivity contribution in [3.05, 3.63) is 76.9 Å². The zero-order valence-electron chi connectivity index (χ0n) is 14.2. The second-order valence-electron chi connectivity index (χ2n) is 6.49. The molecule has 4 rings (SSSR count). The molecular weight excluding hydrogens is 360 g/mol. The molecule has 0 spiro atoms. The molecule has 140 valence electrons. The van der Waals surface area contributed by atoms with Crippen molar-refractivity contribution in [2.45, 2.75) is 25.7 Å². The van der Waals surface area contributed by atoms with Gasteiger partial charge in [-0.3, -0.25) is 0 Å². The normalized spacial score (nSPS) is 14.3. The number of hydrogen-bond donors (Lipinski definition) is 0. The second-order valence-corrected chi connectivity index (χ2v) is 6.49. The Kier molecular flexibility index (Phi) is 4.33. The molecule has 0 N–H and O–H groups in total. The van der Waals surface area contributed by atoms with Crippen molar-refractivity contribution in [1.82, 2.24) is 15.0 Å². The van der Waals surface area contributed by atoms with Crippen molar-refractivity contribution >= 4 is 5.69 Å². The highest BCUT2D eigenvalue weighted by molar-refractivity contribution is 5.49. The van der Waals surface area contributed by atoms with Gasteiger partial charge in [-0.1, -0.05) is 17.3 Å². The molecule has 3 aromatic rings. The zero-order chi connectivity index (χ0) is 19.0. The van der Waals surface area contributed by atoms with Crippen LogP contribution in [0.15, 0.2) is 48.5 Å². The van der Waals surface area contributed by atoms with Crippen LogP contribution in [0.4, 0.5) is 23.2 Å². The molecule has 2 aromatic carbocycles. The van der Waals surface area contributed by atoms with Gasteiger partial charge in [0.15, 0.2) is 0 Å². The molecular formula is C19H16F4N4. The van der Waals surface area contributed by atoms with E-state index >= 15 is 0 Å².